The second-order valence-corrected chi connectivity index (χ2v) is 5.96. The highest BCUT2D eigenvalue weighted by atomic mass is 127. The predicted octanol–water partition coefficient (Wildman–Crippen LogP) is 4.62. The average Bonchev–Trinajstić information content (AvgIpc) is 2.34. The first-order valence-corrected chi connectivity index (χ1v) is 7.16. The van der Waals surface area contributed by atoms with Crippen LogP contribution in [0, 0.1) is 9.39 Å². The molecule has 1 nitrogen and oxygen atoms in total. The normalized spacial score (nSPS) is 10.4. The molecule has 0 spiro atoms. The number of ketones is 1. The lowest BCUT2D eigenvalue weighted by molar-refractivity contribution is 0.0993. The van der Waals surface area contributed by atoms with Gasteiger partial charge in [-0.3, -0.25) is 4.79 Å². The zero-order chi connectivity index (χ0) is 13.1. The minimum Gasteiger partial charge on any atom is -0.294 e. The second kappa shape index (κ2) is 5.93. The third-order valence-corrected chi connectivity index (χ3v) is 3.84. The molecule has 2 aromatic carbocycles. The fourth-order valence-corrected chi connectivity index (χ4v) is 2.36. The molecule has 0 atom stereocenters. The van der Waals surface area contributed by atoms with Gasteiger partial charge < -0.3 is 0 Å². The van der Waals surface area contributed by atoms with Crippen molar-refractivity contribution >= 4 is 44.3 Å². The number of carbonyl (C=O) groups is 1. The lowest BCUT2D eigenvalue weighted by Gasteiger charge is -2.03. The summed E-state index contributed by atoms with van der Waals surface area (Å²) in [5.41, 5.74) is 1.47. The number of halogens is 3. The average molecular weight is 419 g/mol. The molecule has 0 saturated carbocycles. The Bertz CT molecular complexity index is 581. The maximum atomic E-state index is 13.1. The number of carbonyl (C=O) groups excluding carboxylic acids is 1. The first-order valence-electron chi connectivity index (χ1n) is 5.29. The van der Waals surface area contributed by atoms with Gasteiger partial charge in [-0.05, 0) is 68.3 Å². The first kappa shape index (κ1) is 13.7. The van der Waals surface area contributed by atoms with Crippen LogP contribution in [0.5, 0.6) is 0 Å². The van der Waals surface area contributed by atoms with E-state index in [2.05, 4.69) is 38.5 Å². The van der Waals surface area contributed by atoms with Gasteiger partial charge in [-0.25, -0.2) is 4.39 Å². The van der Waals surface area contributed by atoms with Crippen molar-refractivity contribution in [2.75, 3.05) is 0 Å². The van der Waals surface area contributed by atoms with Crippen molar-refractivity contribution in [3.63, 3.8) is 0 Å². The van der Waals surface area contributed by atoms with Crippen LogP contribution in [0.25, 0.3) is 0 Å². The van der Waals surface area contributed by atoms with E-state index < -0.39 is 0 Å². The van der Waals surface area contributed by atoms with Crippen LogP contribution in [0.3, 0.4) is 0 Å². The lowest BCUT2D eigenvalue weighted by Crippen LogP contribution is -2.03. The van der Waals surface area contributed by atoms with Crippen LogP contribution in [-0.2, 0) is 6.42 Å². The molecule has 0 heterocycles. The first-order chi connectivity index (χ1) is 8.56. The molecule has 92 valence electrons. The Kier molecular flexibility index (Phi) is 4.50. The molecule has 0 fully saturated rings. The van der Waals surface area contributed by atoms with Crippen molar-refractivity contribution in [3.8, 4) is 0 Å². The van der Waals surface area contributed by atoms with Crippen molar-refractivity contribution < 1.29 is 9.18 Å². The van der Waals surface area contributed by atoms with Gasteiger partial charge >= 0.3 is 0 Å². The van der Waals surface area contributed by atoms with Crippen molar-refractivity contribution in [2.45, 2.75) is 6.42 Å². The fourth-order valence-electron chi connectivity index (χ4n) is 1.57. The molecule has 4 heteroatoms. The maximum absolute atomic E-state index is 13.1. The number of hydrogen-bond acceptors (Lipinski definition) is 1. The summed E-state index contributed by atoms with van der Waals surface area (Å²) in [7, 11) is 0. The summed E-state index contributed by atoms with van der Waals surface area (Å²) in [6, 6.07) is 12.0. The largest absolute Gasteiger partial charge is 0.294 e. The molecule has 0 aliphatic heterocycles. The zero-order valence-electron chi connectivity index (χ0n) is 9.29. The Morgan fingerprint density at radius 1 is 1.17 bits per heavy atom. The molecule has 18 heavy (non-hydrogen) atoms. The van der Waals surface area contributed by atoms with Crippen molar-refractivity contribution in [2.24, 2.45) is 0 Å². The molecule has 0 saturated heterocycles. The van der Waals surface area contributed by atoms with Gasteiger partial charge in [0.25, 0.3) is 0 Å². The van der Waals surface area contributed by atoms with Gasteiger partial charge in [-0.15, -0.1) is 0 Å². The van der Waals surface area contributed by atoms with Crippen LogP contribution in [0.15, 0.2) is 46.9 Å². The van der Waals surface area contributed by atoms with E-state index >= 15 is 0 Å². The number of benzene rings is 2. The van der Waals surface area contributed by atoms with Gasteiger partial charge in [0.1, 0.15) is 5.82 Å². The summed E-state index contributed by atoms with van der Waals surface area (Å²) >= 11 is 5.31. The maximum Gasteiger partial charge on any atom is 0.167 e. The van der Waals surface area contributed by atoms with E-state index in [4.69, 9.17) is 0 Å². The van der Waals surface area contributed by atoms with Crippen LogP contribution in [-0.4, -0.2) is 5.78 Å². The molecule has 0 unspecified atom stereocenters. The monoisotopic (exact) mass is 418 g/mol. The topological polar surface area (TPSA) is 17.1 Å². The minimum atomic E-state index is -0.319. The van der Waals surface area contributed by atoms with Crippen LogP contribution < -0.4 is 0 Å². The van der Waals surface area contributed by atoms with E-state index in [1.165, 1.54) is 6.07 Å². The molecule has 2 rings (SSSR count). The molecule has 0 aliphatic rings. The molecule has 0 amide bonds. The number of rotatable bonds is 3. The standard InChI is InChI=1S/C14H9BrFIO/c15-12-7-9(1-6-13(12)16)8-14(18)10-2-4-11(17)5-3-10/h1-7H,8H2. The molecule has 0 aliphatic carbocycles. The van der Waals surface area contributed by atoms with E-state index in [0.717, 1.165) is 9.13 Å². The summed E-state index contributed by atoms with van der Waals surface area (Å²) in [5, 5.41) is 0. The molecular weight excluding hydrogens is 410 g/mol. The highest BCUT2D eigenvalue weighted by Gasteiger charge is 2.08. The van der Waals surface area contributed by atoms with Crippen LogP contribution >= 0.6 is 38.5 Å². The van der Waals surface area contributed by atoms with Gasteiger partial charge in [-0.2, -0.15) is 0 Å². The van der Waals surface area contributed by atoms with Gasteiger partial charge in [0.05, 0.1) is 4.47 Å². The lowest BCUT2D eigenvalue weighted by atomic mass is 10.0. The molecular formula is C14H9BrFIO. The predicted molar refractivity (Wildman–Crippen MR) is 81.3 cm³/mol. The van der Waals surface area contributed by atoms with Crippen LogP contribution in [0.4, 0.5) is 4.39 Å². The highest BCUT2D eigenvalue weighted by Crippen LogP contribution is 2.18. The highest BCUT2D eigenvalue weighted by molar-refractivity contribution is 14.1. The Morgan fingerprint density at radius 3 is 2.44 bits per heavy atom. The van der Waals surface area contributed by atoms with E-state index in [0.29, 0.717) is 10.0 Å². The van der Waals surface area contributed by atoms with E-state index in [1.807, 2.05) is 24.3 Å². The van der Waals surface area contributed by atoms with E-state index in [1.54, 1.807) is 12.1 Å². The van der Waals surface area contributed by atoms with E-state index in [-0.39, 0.29) is 18.0 Å². The summed E-state index contributed by atoms with van der Waals surface area (Å²) < 4.78 is 14.5. The van der Waals surface area contributed by atoms with Crippen LogP contribution in [0.2, 0.25) is 0 Å². The van der Waals surface area contributed by atoms with Gasteiger partial charge in [0.2, 0.25) is 0 Å². The Hall–Kier alpha value is -0.750. The molecule has 2 aromatic rings. The van der Waals surface area contributed by atoms with Crippen molar-refractivity contribution in [1.29, 1.82) is 0 Å². The third kappa shape index (κ3) is 3.38. The Labute approximate surface area is 127 Å². The summed E-state index contributed by atoms with van der Waals surface area (Å²) in [6.45, 7) is 0. The zero-order valence-corrected chi connectivity index (χ0v) is 13.0. The molecule has 0 aromatic heterocycles. The summed E-state index contributed by atoms with van der Waals surface area (Å²) in [4.78, 5) is 12.0. The Morgan fingerprint density at radius 2 is 1.83 bits per heavy atom. The minimum absolute atomic E-state index is 0.0323. The quantitative estimate of drug-likeness (QED) is 0.525. The van der Waals surface area contributed by atoms with Gasteiger partial charge in [-0.1, -0.05) is 18.2 Å². The third-order valence-electron chi connectivity index (χ3n) is 2.51. The molecule has 0 bridgehead atoms. The smallest absolute Gasteiger partial charge is 0.167 e. The van der Waals surface area contributed by atoms with Gasteiger partial charge in [0.15, 0.2) is 5.78 Å². The Balaban J connectivity index is 2.16. The number of Topliss-reactive ketones (excluding diaryl/α,β-unsaturated/α-hetero) is 1. The fraction of sp³-hybridized carbons (Fsp3) is 0.0714. The SMILES string of the molecule is O=C(Cc1ccc(F)c(Br)c1)c1ccc(I)cc1. The van der Waals surface area contributed by atoms with Crippen molar-refractivity contribution in [3.05, 3.63) is 67.5 Å². The van der Waals surface area contributed by atoms with Crippen molar-refractivity contribution in [1.82, 2.24) is 0 Å². The summed E-state index contributed by atoms with van der Waals surface area (Å²) in [6.07, 6.45) is 0.277. The van der Waals surface area contributed by atoms with Crippen LogP contribution in [0.1, 0.15) is 15.9 Å². The van der Waals surface area contributed by atoms with E-state index in [9.17, 15) is 9.18 Å². The molecule has 0 radical (unpaired) electrons. The summed E-state index contributed by atoms with van der Waals surface area (Å²) in [5.74, 6) is -0.287. The number of hydrogen-bond donors (Lipinski definition) is 0. The molecule has 0 N–H and O–H groups in total. The second-order valence-electron chi connectivity index (χ2n) is 3.86. The van der Waals surface area contributed by atoms with Gasteiger partial charge in [0, 0.05) is 15.6 Å².